The molecule has 1 aliphatic heterocycles. The van der Waals surface area contributed by atoms with Gasteiger partial charge in [0.2, 0.25) is 5.91 Å². The molecule has 0 aromatic carbocycles. The van der Waals surface area contributed by atoms with E-state index in [0.717, 1.165) is 51.6 Å². The van der Waals surface area contributed by atoms with E-state index in [1.54, 1.807) is 0 Å². The highest BCUT2D eigenvalue weighted by Crippen LogP contribution is 2.20. The summed E-state index contributed by atoms with van der Waals surface area (Å²) in [5.74, 6) is 0.930. The molecule has 3 heteroatoms. The molecule has 0 saturated carbocycles. The van der Waals surface area contributed by atoms with Gasteiger partial charge in [-0.25, -0.2) is 0 Å². The molecule has 1 saturated heterocycles. The van der Waals surface area contributed by atoms with Gasteiger partial charge in [-0.2, -0.15) is 0 Å². The summed E-state index contributed by atoms with van der Waals surface area (Å²) in [6, 6.07) is 0. The van der Waals surface area contributed by atoms with Crippen molar-refractivity contribution >= 4 is 5.91 Å². The van der Waals surface area contributed by atoms with Crippen LogP contribution < -0.4 is 0 Å². The van der Waals surface area contributed by atoms with Crippen molar-refractivity contribution in [1.82, 2.24) is 4.90 Å². The molecule has 0 bridgehead atoms. The number of hydrogen-bond acceptors (Lipinski definition) is 2. The van der Waals surface area contributed by atoms with E-state index < -0.39 is 0 Å². The van der Waals surface area contributed by atoms with Gasteiger partial charge in [-0.15, -0.1) is 0 Å². The van der Waals surface area contributed by atoms with Crippen LogP contribution >= 0.6 is 0 Å². The third-order valence-electron chi connectivity index (χ3n) is 3.21. The Balaban J connectivity index is 2.08. The van der Waals surface area contributed by atoms with Crippen molar-refractivity contribution in [2.45, 2.75) is 45.4 Å². The first-order valence-electron chi connectivity index (χ1n) is 6.16. The Morgan fingerprint density at radius 2 is 2.07 bits per heavy atom. The van der Waals surface area contributed by atoms with Crippen LogP contribution in [0.1, 0.15) is 45.4 Å². The molecule has 1 fully saturated rings. The number of aliphatic hydroxyl groups excluding tert-OH is 1. The third-order valence-corrected chi connectivity index (χ3v) is 3.21. The Bertz CT molecular complexity index is 194. The Morgan fingerprint density at radius 3 is 2.67 bits per heavy atom. The quantitative estimate of drug-likeness (QED) is 0.655. The third kappa shape index (κ3) is 4.20. The zero-order valence-corrected chi connectivity index (χ0v) is 9.74. The lowest BCUT2D eigenvalue weighted by atomic mass is 10.1. The van der Waals surface area contributed by atoms with Crippen LogP contribution in [0.4, 0.5) is 0 Å². The average molecular weight is 213 g/mol. The first-order chi connectivity index (χ1) is 7.27. The summed E-state index contributed by atoms with van der Waals surface area (Å²) in [7, 11) is 0. The lowest BCUT2D eigenvalue weighted by Crippen LogP contribution is -2.26. The number of likely N-dealkylation sites (tertiary alicyclic amines) is 1. The van der Waals surface area contributed by atoms with Gasteiger partial charge in [0.05, 0.1) is 0 Å². The Kier molecular flexibility index (Phi) is 5.69. The van der Waals surface area contributed by atoms with Gasteiger partial charge in [0, 0.05) is 26.1 Å². The highest BCUT2D eigenvalue weighted by atomic mass is 16.2. The molecule has 1 atom stereocenters. The summed E-state index contributed by atoms with van der Waals surface area (Å²) in [4.78, 5) is 13.6. The second-order valence-electron chi connectivity index (χ2n) is 4.46. The maximum absolute atomic E-state index is 11.5. The van der Waals surface area contributed by atoms with Gasteiger partial charge in [-0.1, -0.05) is 26.2 Å². The predicted octanol–water partition coefficient (Wildman–Crippen LogP) is 1.80. The van der Waals surface area contributed by atoms with Crippen molar-refractivity contribution in [3.8, 4) is 0 Å². The summed E-state index contributed by atoms with van der Waals surface area (Å²) in [6.07, 6.45) is 6.06. The van der Waals surface area contributed by atoms with Crippen LogP contribution in [0.2, 0.25) is 0 Å². The van der Waals surface area contributed by atoms with E-state index in [-0.39, 0.29) is 0 Å². The van der Waals surface area contributed by atoms with Gasteiger partial charge in [0.15, 0.2) is 0 Å². The normalized spacial score (nSPS) is 21.3. The van der Waals surface area contributed by atoms with E-state index in [4.69, 9.17) is 5.11 Å². The van der Waals surface area contributed by atoms with Gasteiger partial charge >= 0.3 is 0 Å². The van der Waals surface area contributed by atoms with E-state index in [2.05, 4.69) is 6.92 Å². The molecular formula is C12H23NO2. The fourth-order valence-electron chi connectivity index (χ4n) is 2.11. The first kappa shape index (κ1) is 12.5. The van der Waals surface area contributed by atoms with Gasteiger partial charge < -0.3 is 10.0 Å². The molecule has 1 amide bonds. The Hall–Kier alpha value is -0.570. The SMILES string of the molecule is CCC1CC(=O)N(CCCCCCO)C1. The molecule has 1 rings (SSSR count). The molecule has 0 radical (unpaired) electrons. The van der Waals surface area contributed by atoms with Crippen molar-refractivity contribution in [2.75, 3.05) is 19.7 Å². The molecule has 0 aliphatic carbocycles. The molecule has 1 unspecified atom stereocenters. The molecule has 0 aromatic rings. The molecule has 15 heavy (non-hydrogen) atoms. The van der Waals surface area contributed by atoms with Crippen LogP contribution in [-0.4, -0.2) is 35.6 Å². The molecule has 1 N–H and O–H groups in total. The maximum atomic E-state index is 11.5. The average Bonchev–Trinajstić information content (AvgIpc) is 2.59. The number of nitrogens with zero attached hydrogens (tertiary/aromatic N) is 1. The topological polar surface area (TPSA) is 40.5 Å². The minimum absolute atomic E-state index is 0.292. The minimum Gasteiger partial charge on any atom is -0.396 e. The zero-order valence-electron chi connectivity index (χ0n) is 9.74. The summed E-state index contributed by atoms with van der Waals surface area (Å²) in [6.45, 7) is 4.33. The molecular weight excluding hydrogens is 190 g/mol. The zero-order chi connectivity index (χ0) is 11.1. The van der Waals surface area contributed by atoms with E-state index in [9.17, 15) is 4.79 Å². The summed E-state index contributed by atoms with van der Waals surface area (Å²) >= 11 is 0. The number of carbonyl (C=O) groups excluding carboxylic acids is 1. The number of aliphatic hydroxyl groups is 1. The summed E-state index contributed by atoms with van der Waals surface area (Å²) in [5.41, 5.74) is 0. The maximum Gasteiger partial charge on any atom is 0.222 e. The minimum atomic E-state index is 0.292. The second-order valence-corrected chi connectivity index (χ2v) is 4.46. The van der Waals surface area contributed by atoms with Crippen molar-refractivity contribution in [2.24, 2.45) is 5.92 Å². The van der Waals surface area contributed by atoms with Crippen molar-refractivity contribution < 1.29 is 9.90 Å². The van der Waals surface area contributed by atoms with Crippen LogP contribution in [0, 0.1) is 5.92 Å². The molecule has 0 spiro atoms. The van der Waals surface area contributed by atoms with Gasteiger partial charge in [0.1, 0.15) is 0 Å². The second kappa shape index (κ2) is 6.83. The fraction of sp³-hybridized carbons (Fsp3) is 0.917. The van der Waals surface area contributed by atoms with Crippen molar-refractivity contribution in [3.05, 3.63) is 0 Å². The molecule has 1 heterocycles. The number of amides is 1. The van der Waals surface area contributed by atoms with E-state index in [1.165, 1.54) is 0 Å². The van der Waals surface area contributed by atoms with Crippen LogP contribution in [0.5, 0.6) is 0 Å². The summed E-state index contributed by atoms with van der Waals surface area (Å²) in [5, 5.41) is 8.62. The molecule has 88 valence electrons. The predicted molar refractivity (Wildman–Crippen MR) is 60.5 cm³/mol. The van der Waals surface area contributed by atoms with Gasteiger partial charge in [0.25, 0.3) is 0 Å². The standard InChI is InChI=1S/C12H23NO2/c1-2-11-9-12(15)13(10-11)7-5-3-4-6-8-14/h11,14H,2-10H2,1H3. The molecule has 0 aromatic heterocycles. The lowest BCUT2D eigenvalue weighted by Gasteiger charge is -2.15. The number of carbonyl (C=O) groups is 1. The summed E-state index contributed by atoms with van der Waals surface area (Å²) < 4.78 is 0. The number of hydrogen-bond donors (Lipinski definition) is 1. The molecule has 1 aliphatic rings. The Labute approximate surface area is 92.5 Å². The van der Waals surface area contributed by atoms with Gasteiger partial charge in [-0.3, -0.25) is 4.79 Å². The molecule has 3 nitrogen and oxygen atoms in total. The highest BCUT2D eigenvalue weighted by molar-refractivity contribution is 5.78. The van der Waals surface area contributed by atoms with Crippen molar-refractivity contribution in [3.63, 3.8) is 0 Å². The van der Waals surface area contributed by atoms with Crippen LogP contribution in [0.25, 0.3) is 0 Å². The smallest absolute Gasteiger partial charge is 0.222 e. The van der Waals surface area contributed by atoms with E-state index in [0.29, 0.717) is 18.4 Å². The van der Waals surface area contributed by atoms with Gasteiger partial charge in [-0.05, 0) is 18.8 Å². The lowest BCUT2D eigenvalue weighted by molar-refractivity contribution is -0.127. The van der Waals surface area contributed by atoms with Crippen LogP contribution in [0.15, 0.2) is 0 Å². The van der Waals surface area contributed by atoms with Crippen LogP contribution in [-0.2, 0) is 4.79 Å². The highest BCUT2D eigenvalue weighted by Gasteiger charge is 2.27. The first-order valence-corrected chi connectivity index (χ1v) is 6.16. The number of rotatable bonds is 7. The number of unbranched alkanes of at least 4 members (excludes halogenated alkanes) is 3. The Morgan fingerprint density at radius 1 is 1.33 bits per heavy atom. The van der Waals surface area contributed by atoms with Crippen LogP contribution in [0.3, 0.4) is 0 Å². The van der Waals surface area contributed by atoms with E-state index in [1.807, 2.05) is 4.90 Å². The van der Waals surface area contributed by atoms with Crippen molar-refractivity contribution in [1.29, 1.82) is 0 Å². The fourth-order valence-corrected chi connectivity index (χ4v) is 2.11. The largest absolute Gasteiger partial charge is 0.396 e. The van der Waals surface area contributed by atoms with E-state index >= 15 is 0 Å². The monoisotopic (exact) mass is 213 g/mol.